The summed E-state index contributed by atoms with van der Waals surface area (Å²) in [6.45, 7) is 0. The molecule has 0 saturated heterocycles. The van der Waals surface area contributed by atoms with Crippen molar-refractivity contribution < 1.29 is 14.7 Å². The Kier molecular flexibility index (Phi) is 4.88. The first-order valence-corrected chi connectivity index (χ1v) is 7.94. The van der Waals surface area contributed by atoms with Gasteiger partial charge in [0.15, 0.2) is 5.78 Å². The summed E-state index contributed by atoms with van der Waals surface area (Å²) < 4.78 is 0. The van der Waals surface area contributed by atoms with Gasteiger partial charge in [-0.3, -0.25) is 9.59 Å². The van der Waals surface area contributed by atoms with E-state index in [1.54, 1.807) is 0 Å². The third-order valence-electron chi connectivity index (χ3n) is 4.94. The molecule has 0 aliphatic heterocycles. The van der Waals surface area contributed by atoms with E-state index < -0.39 is 16.8 Å². The summed E-state index contributed by atoms with van der Waals surface area (Å²) in [4.78, 5) is 24.5. The number of carboxylic acid groups (broad SMARTS) is 1. The Morgan fingerprint density at radius 3 is 2.21 bits per heavy atom. The Morgan fingerprint density at radius 2 is 1.63 bits per heavy atom. The highest BCUT2D eigenvalue weighted by Crippen LogP contribution is 2.46. The summed E-state index contributed by atoms with van der Waals surface area (Å²) in [5.74, 6) is -1.16. The predicted octanol–water partition coefficient (Wildman–Crippen LogP) is 3.78. The van der Waals surface area contributed by atoms with Gasteiger partial charge in [0.1, 0.15) is 5.41 Å². The molecule has 2 rings (SSSR count). The molecular formula is C15H23ClO3. The number of rotatable bonds is 2. The number of alkyl halides is 1. The fourth-order valence-corrected chi connectivity index (χ4v) is 4.17. The first kappa shape index (κ1) is 14.8. The van der Waals surface area contributed by atoms with Crippen molar-refractivity contribution in [1.82, 2.24) is 0 Å². The normalized spacial score (nSPS) is 34.6. The number of aliphatic carboxylic acids is 1. The molecule has 2 unspecified atom stereocenters. The van der Waals surface area contributed by atoms with Gasteiger partial charge in [-0.25, -0.2) is 0 Å². The Hall–Kier alpha value is -0.570. The van der Waals surface area contributed by atoms with Crippen molar-refractivity contribution in [1.29, 1.82) is 0 Å². The molecule has 0 radical (unpaired) electrons. The van der Waals surface area contributed by atoms with Crippen molar-refractivity contribution in [2.75, 3.05) is 0 Å². The second-order valence-corrected chi connectivity index (χ2v) is 6.57. The van der Waals surface area contributed by atoms with Crippen LogP contribution in [0.1, 0.15) is 64.2 Å². The van der Waals surface area contributed by atoms with E-state index in [1.807, 2.05) is 0 Å². The minimum absolute atomic E-state index is 0.0145. The quantitative estimate of drug-likeness (QED) is 0.477. The van der Waals surface area contributed by atoms with Gasteiger partial charge in [0.25, 0.3) is 0 Å². The van der Waals surface area contributed by atoms with E-state index in [2.05, 4.69) is 0 Å². The van der Waals surface area contributed by atoms with Gasteiger partial charge >= 0.3 is 5.97 Å². The summed E-state index contributed by atoms with van der Waals surface area (Å²) in [5.41, 5.74) is -1.20. The predicted molar refractivity (Wildman–Crippen MR) is 74.4 cm³/mol. The van der Waals surface area contributed by atoms with Crippen molar-refractivity contribution in [3.05, 3.63) is 0 Å². The third kappa shape index (κ3) is 2.81. The minimum Gasteiger partial charge on any atom is -0.480 e. The second kappa shape index (κ2) is 6.25. The van der Waals surface area contributed by atoms with Crippen LogP contribution >= 0.6 is 11.6 Å². The number of halogens is 1. The summed E-state index contributed by atoms with van der Waals surface area (Å²) in [7, 11) is 0. The molecule has 3 nitrogen and oxygen atoms in total. The Labute approximate surface area is 119 Å². The lowest BCUT2D eigenvalue weighted by molar-refractivity contribution is -0.160. The van der Waals surface area contributed by atoms with Gasteiger partial charge in [0, 0.05) is 0 Å². The number of hydrogen-bond donors (Lipinski definition) is 1. The lowest BCUT2D eigenvalue weighted by Crippen LogP contribution is -2.48. The largest absolute Gasteiger partial charge is 0.480 e. The molecule has 0 heterocycles. The average Bonchev–Trinajstić information content (AvgIpc) is 2.72. The topological polar surface area (TPSA) is 54.4 Å². The van der Waals surface area contributed by atoms with Gasteiger partial charge < -0.3 is 5.11 Å². The number of carboxylic acids is 1. The maximum absolute atomic E-state index is 12.6. The number of ketones is 1. The Balaban J connectivity index is 2.33. The molecule has 2 aliphatic rings. The van der Waals surface area contributed by atoms with Crippen LogP contribution in [0.5, 0.6) is 0 Å². The van der Waals surface area contributed by atoms with E-state index in [-0.39, 0.29) is 11.7 Å². The molecule has 0 aromatic rings. The highest BCUT2D eigenvalue weighted by atomic mass is 35.5. The van der Waals surface area contributed by atoms with Crippen LogP contribution in [-0.4, -0.2) is 22.2 Å². The Morgan fingerprint density at radius 1 is 1.05 bits per heavy atom. The molecule has 2 atom stereocenters. The molecule has 0 aromatic carbocycles. The number of hydrogen-bond acceptors (Lipinski definition) is 2. The highest BCUT2D eigenvalue weighted by molar-refractivity contribution is 6.33. The summed E-state index contributed by atoms with van der Waals surface area (Å²) in [6, 6.07) is 0. The zero-order valence-electron chi connectivity index (χ0n) is 11.4. The van der Waals surface area contributed by atoms with Gasteiger partial charge in [-0.1, -0.05) is 38.5 Å². The van der Waals surface area contributed by atoms with Crippen molar-refractivity contribution in [3.8, 4) is 0 Å². The molecule has 0 aromatic heterocycles. The molecule has 108 valence electrons. The van der Waals surface area contributed by atoms with Crippen LogP contribution in [0.25, 0.3) is 0 Å². The fourth-order valence-electron chi connectivity index (χ4n) is 3.83. The van der Waals surface area contributed by atoms with E-state index in [9.17, 15) is 14.7 Å². The zero-order valence-corrected chi connectivity index (χ0v) is 12.1. The molecule has 2 fully saturated rings. The number of carbonyl (C=O) groups excluding carboxylic acids is 1. The van der Waals surface area contributed by atoms with Gasteiger partial charge in [-0.05, 0) is 31.6 Å². The van der Waals surface area contributed by atoms with Crippen LogP contribution < -0.4 is 0 Å². The van der Waals surface area contributed by atoms with Crippen LogP contribution in [0.3, 0.4) is 0 Å². The van der Waals surface area contributed by atoms with Crippen LogP contribution in [0.4, 0.5) is 0 Å². The number of Topliss-reactive ketones (excluding diaryl/α,β-unsaturated/α-hetero) is 1. The van der Waals surface area contributed by atoms with E-state index in [0.29, 0.717) is 12.8 Å². The van der Waals surface area contributed by atoms with E-state index >= 15 is 0 Å². The molecule has 2 aliphatic carbocycles. The molecule has 4 heteroatoms. The fraction of sp³-hybridized carbons (Fsp3) is 0.867. The SMILES string of the molecule is O=C(O)C1(C2CCCCCC2)CCCCC(Cl)C1=O. The van der Waals surface area contributed by atoms with Crippen molar-refractivity contribution in [3.63, 3.8) is 0 Å². The van der Waals surface area contributed by atoms with Crippen LogP contribution in [0, 0.1) is 11.3 Å². The van der Waals surface area contributed by atoms with Crippen LogP contribution in [0.2, 0.25) is 0 Å². The van der Waals surface area contributed by atoms with Crippen molar-refractivity contribution in [2.45, 2.75) is 69.6 Å². The molecule has 19 heavy (non-hydrogen) atoms. The van der Waals surface area contributed by atoms with Crippen LogP contribution in [-0.2, 0) is 9.59 Å². The molecule has 0 amide bonds. The van der Waals surface area contributed by atoms with Gasteiger partial charge in [-0.15, -0.1) is 11.6 Å². The molecule has 2 saturated carbocycles. The number of carbonyl (C=O) groups is 2. The smallest absolute Gasteiger partial charge is 0.317 e. The third-order valence-corrected chi connectivity index (χ3v) is 5.35. The van der Waals surface area contributed by atoms with E-state index in [1.165, 1.54) is 0 Å². The lowest BCUT2D eigenvalue weighted by Gasteiger charge is -2.35. The average molecular weight is 287 g/mol. The first-order valence-electron chi connectivity index (χ1n) is 7.51. The maximum atomic E-state index is 12.6. The highest BCUT2D eigenvalue weighted by Gasteiger charge is 2.53. The molecule has 0 bridgehead atoms. The molecular weight excluding hydrogens is 264 g/mol. The minimum atomic E-state index is -1.20. The molecule has 1 N–H and O–H groups in total. The molecule has 0 spiro atoms. The van der Waals surface area contributed by atoms with Crippen LogP contribution in [0.15, 0.2) is 0 Å². The van der Waals surface area contributed by atoms with Gasteiger partial charge in [0.05, 0.1) is 5.38 Å². The standard InChI is InChI=1S/C15H23ClO3/c16-12-9-5-6-10-15(13(12)17,14(18)19)11-7-3-1-2-4-8-11/h11-12H,1-10H2,(H,18,19). The first-order chi connectivity index (χ1) is 9.09. The maximum Gasteiger partial charge on any atom is 0.317 e. The van der Waals surface area contributed by atoms with Crippen molar-refractivity contribution >= 4 is 23.4 Å². The van der Waals surface area contributed by atoms with Crippen molar-refractivity contribution in [2.24, 2.45) is 11.3 Å². The monoisotopic (exact) mass is 286 g/mol. The van der Waals surface area contributed by atoms with Gasteiger partial charge in [-0.2, -0.15) is 0 Å². The zero-order chi connectivity index (χ0) is 13.9. The van der Waals surface area contributed by atoms with Gasteiger partial charge in [0.2, 0.25) is 0 Å². The summed E-state index contributed by atoms with van der Waals surface area (Å²) >= 11 is 6.15. The second-order valence-electron chi connectivity index (χ2n) is 6.04. The summed E-state index contributed by atoms with van der Waals surface area (Å²) in [5, 5.41) is 9.16. The lowest BCUT2D eigenvalue weighted by atomic mass is 9.66. The van der Waals surface area contributed by atoms with E-state index in [0.717, 1.165) is 51.4 Å². The Bertz CT molecular complexity index is 347. The summed E-state index contributed by atoms with van der Waals surface area (Å²) in [6.07, 6.45) is 8.90. The van der Waals surface area contributed by atoms with E-state index in [4.69, 9.17) is 11.6 Å².